The Morgan fingerprint density at radius 3 is 2.27 bits per heavy atom. The van der Waals surface area contributed by atoms with E-state index in [9.17, 15) is 4.39 Å². The second kappa shape index (κ2) is 11.3. The van der Waals surface area contributed by atoms with Crippen LogP contribution in [0.25, 0.3) is 0 Å². The second-order valence-corrected chi connectivity index (χ2v) is 12.3. The van der Waals surface area contributed by atoms with Crippen molar-refractivity contribution in [3.05, 3.63) is 145 Å². The first-order valence-corrected chi connectivity index (χ1v) is 15.7. The van der Waals surface area contributed by atoms with Crippen LogP contribution >= 0.6 is 0 Å². The molecule has 2 atom stereocenters. The molecule has 2 aromatic rings. The maximum absolute atomic E-state index is 15.9. The standard InChI is InChI=1S/C36H35F3N6/c37-32-21-41(27-9-3-1-4-10-27)24-40(32)19-17-26-15-16-30-35(45-25-42(22-33(45)38)28-11-5-2-6-12-28)29-13-7-8-14-31(29)44-23-34(39)43(20-18-26)36(30)44/h1-14,21-23,26,36H,15-20,24-25H2/q-2. The van der Waals surface area contributed by atoms with Crippen molar-refractivity contribution in [2.24, 2.45) is 5.92 Å². The first kappa shape index (κ1) is 27.7. The summed E-state index contributed by atoms with van der Waals surface area (Å²) in [6.45, 7) is 1.91. The van der Waals surface area contributed by atoms with Crippen molar-refractivity contribution < 1.29 is 13.2 Å². The maximum atomic E-state index is 15.9. The van der Waals surface area contributed by atoms with Gasteiger partial charge in [0.2, 0.25) is 17.9 Å². The van der Waals surface area contributed by atoms with Gasteiger partial charge in [-0.15, -0.1) is 5.70 Å². The summed E-state index contributed by atoms with van der Waals surface area (Å²) in [5.41, 5.74) is 4.58. The lowest BCUT2D eigenvalue weighted by atomic mass is 9.81. The molecule has 5 aliphatic heterocycles. The minimum Gasteiger partial charge on any atom is -0.399 e. The van der Waals surface area contributed by atoms with Crippen LogP contribution in [0.2, 0.25) is 0 Å². The lowest BCUT2D eigenvalue weighted by molar-refractivity contribution is 0.136. The first-order valence-electron chi connectivity index (χ1n) is 15.7. The largest absolute Gasteiger partial charge is 0.399 e. The molecule has 0 bridgehead atoms. The quantitative estimate of drug-likeness (QED) is 0.248. The zero-order chi connectivity index (χ0) is 30.5. The molecule has 232 valence electrons. The van der Waals surface area contributed by atoms with E-state index >= 15 is 8.78 Å². The van der Waals surface area contributed by atoms with Gasteiger partial charge >= 0.3 is 0 Å². The number of benzene rings is 2. The van der Waals surface area contributed by atoms with Crippen LogP contribution in [0.4, 0.5) is 24.5 Å². The molecule has 0 aromatic heterocycles. The van der Waals surface area contributed by atoms with Gasteiger partial charge in [0.05, 0.1) is 31.9 Å². The van der Waals surface area contributed by atoms with E-state index in [4.69, 9.17) is 0 Å². The van der Waals surface area contributed by atoms with Crippen molar-refractivity contribution in [2.45, 2.75) is 31.8 Å². The van der Waals surface area contributed by atoms with E-state index in [1.807, 2.05) is 105 Å². The van der Waals surface area contributed by atoms with Gasteiger partial charge in [0, 0.05) is 30.7 Å². The van der Waals surface area contributed by atoms with Crippen LogP contribution in [-0.4, -0.2) is 52.2 Å². The van der Waals surface area contributed by atoms with E-state index in [2.05, 4.69) is 0 Å². The van der Waals surface area contributed by atoms with Crippen molar-refractivity contribution in [3.63, 3.8) is 0 Å². The molecule has 1 saturated heterocycles. The van der Waals surface area contributed by atoms with Crippen LogP contribution in [0.5, 0.6) is 0 Å². The number of allylic oxidation sites excluding steroid dienone is 2. The van der Waals surface area contributed by atoms with Gasteiger partial charge in [0.15, 0.2) is 0 Å². The van der Waals surface area contributed by atoms with E-state index in [0.29, 0.717) is 32.8 Å². The molecule has 0 spiro atoms. The molecule has 2 aromatic carbocycles. The summed E-state index contributed by atoms with van der Waals surface area (Å²) < 4.78 is 46.7. The van der Waals surface area contributed by atoms with Crippen molar-refractivity contribution in [3.8, 4) is 0 Å². The van der Waals surface area contributed by atoms with Crippen LogP contribution in [-0.2, 0) is 0 Å². The molecule has 6 aliphatic rings. The summed E-state index contributed by atoms with van der Waals surface area (Å²) in [6.07, 6.45) is 15.4. The smallest absolute Gasteiger partial charge is 0.210 e. The number of fused-ring (bicyclic) bond motifs is 2. The van der Waals surface area contributed by atoms with Crippen LogP contribution in [0.3, 0.4) is 0 Å². The van der Waals surface area contributed by atoms with E-state index in [-0.39, 0.29) is 29.9 Å². The minimum absolute atomic E-state index is 0.234. The Morgan fingerprint density at radius 2 is 1.51 bits per heavy atom. The minimum atomic E-state index is -0.340. The van der Waals surface area contributed by atoms with Crippen molar-refractivity contribution in [1.82, 2.24) is 19.6 Å². The highest BCUT2D eigenvalue weighted by Crippen LogP contribution is 2.50. The molecular weight excluding hydrogens is 573 g/mol. The summed E-state index contributed by atoms with van der Waals surface area (Å²) in [5.74, 6) is 0.319. The normalized spacial score (nSPS) is 24.2. The van der Waals surface area contributed by atoms with Crippen molar-refractivity contribution in [2.75, 3.05) is 36.2 Å². The number of halogens is 3. The van der Waals surface area contributed by atoms with Gasteiger partial charge in [-0.2, -0.15) is 19.1 Å². The average molecular weight is 609 g/mol. The average Bonchev–Trinajstić information content (AvgIpc) is 3.74. The van der Waals surface area contributed by atoms with Crippen LogP contribution < -0.4 is 9.80 Å². The SMILES string of the molecule is FC1=CN(c2ccccc2)CN1CCC1CCC2=C(N3CN(c4ccccc4)C=C3F)[C-]3C=C[CH-]C=C3N3C=C(F)N(CC1)C23. The van der Waals surface area contributed by atoms with Crippen LogP contribution in [0, 0.1) is 18.3 Å². The predicted molar refractivity (Wildman–Crippen MR) is 170 cm³/mol. The Hall–Kier alpha value is -4.79. The molecule has 9 heteroatoms. The predicted octanol–water partition coefficient (Wildman–Crippen LogP) is 7.49. The molecule has 0 radical (unpaired) electrons. The Bertz CT molecular complexity index is 1630. The van der Waals surface area contributed by atoms with Gasteiger partial charge in [-0.3, -0.25) is 12.5 Å². The van der Waals surface area contributed by atoms with Crippen molar-refractivity contribution >= 4 is 11.4 Å². The Morgan fingerprint density at radius 1 is 0.800 bits per heavy atom. The second-order valence-electron chi connectivity index (χ2n) is 12.3. The number of anilines is 2. The van der Waals surface area contributed by atoms with E-state index in [1.54, 1.807) is 28.4 Å². The lowest BCUT2D eigenvalue weighted by Gasteiger charge is -2.56. The van der Waals surface area contributed by atoms with Crippen molar-refractivity contribution in [1.29, 1.82) is 0 Å². The first-order chi connectivity index (χ1) is 22.0. The zero-order valence-corrected chi connectivity index (χ0v) is 24.9. The molecule has 45 heavy (non-hydrogen) atoms. The Labute approximate surface area is 262 Å². The molecule has 8 rings (SSSR count). The Kier molecular flexibility index (Phi) is 6.96. The van der Waals surface area contributed by atoms with Gasteiger partial charge in [-0.25, -0.2) is 12.2 Å². The van der Waals surface area contributed by atoms with Gasteiger partial charge < -0.3 is 29.4 Å². The summed E-state index contributed by atoms with van der Waals surface area (Å²) in [4.78, 5) is 11.2. The fourth-order valence-electron chi connectivity index (χ4n) is 7.39. The number of rotatable bonds is 6. The lowest BCUT2D eigenvalue weighted by Crippen LogP contribution is -2.49. The van der Waals surface area contributed by atoms with E-state index in [0.717, 1.165) is 53.5 Å². The molecule has 0 amide bonds. The topological polar surface area (TPSA) is 19.4 Å². The fourth-order valence-corrected chi connectivity index (χ4v) is 7.39. The highest BCUT2D eigenvalue weighted by Gasteiger charge is 2.41. The van der Waals surface area contributed by atoms with Gasteiger partial charge in [-0.05, 0) is 48.7 Å². The van der Waals surface area contributed by atoms with E-state index in [1.165, 1.54) is 0 Å². The highest BCUT2D eigenvalue weighted by molar-refractivity contribution is 5.60. The van der Waals surface area contributed by atoms with Gasteiger partial charge in [0.1, 0.15) is 0 Å². The van der Waals surface area contributed by atoms with Crippen LogP contribution in [0.15, 0.2) is 132 Å². The number of nitrogens with zero attached hydrogens (tertiary/aromatic N) is 6. The molecule has 6 nitrogen and oxygen atoms in total. The molecular formula is C36H35F3N6-2. The number of hydrogen-bond donors (Lipinski definition) is 0. The summed E-state index contributed by atoms with van der Waals surface area (Å²) in [7, 11) is 0. The summed E-state index contributed by atoms with van der Waals surface area (Å²) >= 11 is 0. The molecule has 0 N–H and O–H groups in total. The molecule has 1 aliphatic carbocycles. The summed E-state index contributed by atoms with van der Waals surface area (Å²) in [5, 5.41) is 0. The third-order valence-corrected chi connectivity index (χ3v) is 9.69. The van der Waals surface area contributed by atoms with Gasteiger partial charge in [0.25, 0.3) is 0 Å². The molecule has 1 fully saturated rings. The third-order valence-electron chi connectivity index (χ3n) is 9.69. The maximum Gasteiger partial charge on any atom is 0.210 e. The fraction of sp³-hybridized carbons (Fsp3) is 0.278. The monoisotopic (exact) mass is 608 g/mol. The Balaban J connectivity index is 1.06. The molecule has 0 saturated carbocycles. The van der Waals surface area contributed by atoms with Crippen LogP contribution in [0.1, 0.15) is 25.7 Å². The third kappa shape index (κ3) is 4.90. The molecule has 5 heterocycles. The highest BCUT2D eigenvalue weighted by atomic mass is 19.1. The number of hydrogen-bond acceptors (Lipinski definition) is 6. The van der Waals surface area contributed by atoms with Gasteiger partial charge in [-0.1, -0.05) is 54.8 Å². The van der Waals surface area contributed by atoms with E-state index < -0.39 is 0 Å². The zero-order valence-electron chi connectivity index (χ0n) is 24.9. The molecule has 2 unspecified atom stereocenters. The summed E-state index contributed by atoms with van der Waals surface area (Å²) in [6, 6.07) is 19.6. The number of para-hydroxylation sites is 2.